The molecule has 5 heteroatoms. The number of hydrogen-bond donors (Lipinski definition) is 1. The molecule has 11 heavy (non-hydrogen) atoms. The van der Waals surface area contributed by atoms with Gasteiger partial charge in [-0.15, -0.1) is 0 Å². The van der Waals surface area contributed by atoms with Crippen LogP contribution in [-0.2, 0) is 14.4 Å². The van der Waals surface area contributed by atoms with E-state index in [2.05, 4.69) is 12.6 Å². The van der Waals surface area contributed by atoms with Gasteiger partial charge in [-0.3, -0.25) is 14.5 Å². The van der Waals surface area contributed by atoms with Crippen LogP contribution in [0.5, 0.6) is 0 Å². The molecule has 0 radical (unpaired) electrons. The fourth-order valence-electron chi connectivity index (χ4n) is 0.932. The SMILES string of the molecule is O=CCN1C(=O)CC(S)C1=O. The average molecular weight is 173 g/mol. The van der Waals surface area contributed by atoms with Gasteiger partial charge in [0.05, 0.1) is 11.8 Å². The maximum atomic E-state index is 11.0. The zero-order valence-corrected chi connectivity index (χ0v) is 6.58. The first-order valence-electron chi connectivity index (χ1n) is 3.12. The lowest BCUT2D eigenvalue weighted by atomic mass is 10.4. The molecule has 0 aromatic rings. The number of carbonyl (C=O) groups excluding carboxylic acids is 3. The molecule has 0 aromatic carbocycles. The van der Waals surface area contributed by atoms with Crippen molar-refractivity contribution < 1.29 is 14.4 Å². The van der Waals surface area contributed by atoms with Gasteiger partial charge in [-0.1, -0.05) is 0 Å². The summed E-state index contributed by atoms with van der Waals surface area (Å²) < 4.78 is 0. The van der Waals surface area contributed by atoms with Gasteiger partial charge in [0.1, 0.15) is 6.29 Å². The third kappa shape index (κ3) is 1.42. The van der Waals surface area contributed by atoms with Gasteiger partial charge in [0.15, 0.2) is 0 Å². The third-order valence-corrected chi connectivity index (χ3v) is 1.88. The first kappa shape index (κ1) is 8.26. The Labute approximate surface area is 69.0 Å². The number of nitrogens with zero attached hydrogens (tertiary/aromatic N) is 1. The van der Waals surface area contributed by atoms with Gasteiger partial charge in [0.2, 0.25) is 11.8 Å². The van der Waals surface area contributed by atoms with Gasteiger partial charge >= 0.3 is 0 Å². The molecule has 0 bridgehead atoms. The van der Waals surface area contributed by atoms with Crippen molar-refractivity contribution in [2.24, 2.45) is 0 Å². The van der Waals surface area contributed by atoms with Crippen molar-refractivity contribution >= 4 is 30.7 Å². The lowest BCUT2D eigenvalue weighted by molar-refractivity contribution is -0.139. The summed E-state index contributed by atoms with van der Waals surface area (Å²) in [6.07, 6.45) is 0.636. The van der Waals surface area contributed by atoms with Gasteiger partial charge in [-0.05, 0) is 0 Å². The van der Waals surface area contributed by atoms with Crippen molar-refractivity contribution in [1.29, 1.82) is 0 Å². The molecule has 1 aliphatic heterocycles. The van der Waals surface area contributed by atoms with Crippen molar-refractivity contribution in [3.8, 4) is 0 Å². The second kappa shape index (κ2) is 3.04. The van der Waals surface area contributed by atoms with E-state index in [1.165, 1.54) is 0 Å². The van der Waals surface area contributed by atoms with Crippen LogP contribution in [0.2, 0.25) is 0 Å². The van der Waals surface area contributed by atoms with Gasteiger partial charge < -0.3 is 4.79 Å². The standard InChI is InChI=1S/C6H7NO3S/c8-2-1-7-5(9)3-4(11)6(7)10/h2,4,11H,1,3H2. The van der Waals surface area contributed by atoms with E-state index in [0.717, 1.165) is 4.90 Å². The molecule has 4 nitrogen and oxygen atoms in total. The lowest BCUT2D eigenvalue weighted by Gasteiger charge is -2.08. The topological polar surface area (TPSA) is 54.5 Å². The van der Waals surface area contributed by atoms with E-state index in [9.17, 15) is 14.4 Å². The molecule has 0 aliphatic carbocycles. The van der Waals surface area contributed by atoms with Crippen molar-refractivity contribution in [3.63, 3.8) is 0 Å². The van der Waals surface area contributed by atoms with Crippen LogP contribution in [0.1, 0.15) is 6.42 Å². The van der Waals surface area contributed by atoms with Gasteiger partial charge in [-0.2, -0.15) is 12.6 Å². The van der Waals surface area contributed by atoms with E-state index >= 15 is 0 Å². The third-order valence-electron chi connectivity index (χ3n) is 1.48. The number of amides is 2. The fraction of sp³-hybridized carbons (Fsp3) is 0.500. The molecule has 1 rings (SSSR count). The van der Waals surface area contributed by atoms with Crippen LogP contribution in [0.3, 0.4) is 0 Å². The summed E-state index contributed by atoms with van der Waals surface area (Å²) in [5, 5.41) is -0.553. The van der Waals surface area contributed by atoms with Crippen LogP contribution < -0.4 is 0 Å². The zero-order valence-electron chi connectivity index (χ0n) is 5.69. The number of carbonyl (C=O) groups is 3. The maximum absolute atomic E-state index is 11.0. The van der Waals surface area contributed by atoms with E-state index in [1.54, 1.807) is 0 Å². The summed E-state index contributed by atoms with van der Waals surface area (Å²) in [6, 6.07) is 0. The summed E-state index contributed by atoms with van der Waals surface area (Å²) in [4.78, 5) is 32.8. The van der Waals surface area contributed by atoms with Crippen molar-refractivity contribution in [2.45, 2.75) is 11.7 Å². The predicted molar refractivity (Wildman–Crippen MR) is 40.2 cm³/mol. The molecule has 0 saturated carbocycles. The van der Waals surface area contributed by atoms with Crippen molar-refractivity contribution in [1.82, 2.24) is 4.90 Å². The number of imide groups is 1. The van der Waals surface area contributed by atoms with Crippen LogP contribution in [-0.4, -0.2) is 34.8 Å². The van der Waals surface area contributed by atoms with Crippen molar-refractivity contribution in [3.05, 3.63) is 0 Å². The molecule has 0 spiro atoms. The summed E-state index contributed by atoms with van der Waals surface area (Å²) in [5.41, 5.74) is 0. The Bertz CT molecular complexity index is 216. The smallest absolute Gasteiger partial charge is 0.242 e. The highest BCUT2D eigenvalue weighted by molar-refractivity contribution is 7.81. The Morgan fingerprint density at radius 3 is 2.64 bits per heavy atom. The Kier molecular flexibility index (Phi) is 2.28. The summed E-state index contributed by atoms with van der Waals surface area (Å²) in [6.45, 7) is -0.144. The second-order valence-corrected chi connectivity index (χ2v) is 2.85. The van der Waals surface area contributed by atoms with E-state index in [-0.39, 0.29) is 24.8 Å². The van der Waals surface area contributed by atoms with Crippen molar-refractivity contribution in [2.75, 3.05) is 6.54 Å². The minimum Gasteiger partial charge on any atom is -0.301 e. The molecule has 60 valence electrons. The number of rotatable bonds is 2. The number of hydrogen-bond acceptors (Lipinski definition) is 4. The second-order valence-electron chi connectivity index (χ2n) is 2.23. The first-order chi connectivity index (χ1) is 5.16. The lowest BCUT2D eigenvalue weighted by Crippen LogP contribution is -2.32. The molecule has 0 N–H and O–H groups in total. The Balaban J connectivity index is 2.71. The Morgan fingerprint density at radius 1 is 1.64 bits per heavy atom. The minimum atomic E-state index is -0.553. The summed E-state index contributed by atoms with van der Waals surface area (Å²) >= 11 is 3.87. The highest BCUT2D eigenvalue weighted by atomic mass is 32.1. The zero-order chi connectivity index (χ0) is 8.43. The molecule has 1 fully saturated rings. The van der Waals surface area contributed by atoms with Crippen LogP contribution >= 0.6 is 12.6 Å². The van der Waals surface area contributed by atoms with Gasteiger partial charge in [0, 0.05) is 6.42 Å². The van der Waals surface area contributed by atoms with E-state index in [4.69, 9.17) is 0 Å². The predicted octanol–water partition coefficient (Wildman–Crippen LogP) is -0.757. The van der Waals surface area contributed by atoms with Crippen LogP contribution in [0.25, 0.3) is 0 Å². The highest BCUT2D eigenvalue weighted by Crippen LogP contribution is 2.16. The van der Waals surface area contributed by atoms with E-state index in [1.807, 2.05) is 0 Å². The Morgan fingerprint density at radius 2 is 2.27 bits per heavy atom. The molecule has 1 atom stereocenters. The molecule has 1 unspecified atom stereocenters. The number of aldehydes is 1. The molecule has 1 aliphatic rings. The van der Waals surface area contributed by atoms with Crippen LogP contribution in [0, 0.1) is 0 Å². The van der Waals surface area contributed by atoms with E-state index in [0.29, 0.717) is 6.29 Å². The van der Waals surface area contributed by atoms with E-state index < -0.39 is 5.25 Å². The first-order valence-corrected chi connectivity index (χ1v) is 3.64. The molecule has 2 amide bonds. The number of thiol groups is 1. The fourth-order valence-corrected chi connectivity index (χ4v) is 1.23. The number of likely N-dealkylation sites (tertiary alicyclic amines) is 1. The molecular weight excluding hydrogens is 166 g/mol. The average Bonchev–Trinajstić information content (AvgIpc) is 2.17. The van der Waals surface area contributed by atoms with Gasteiger partial charge in [0.25, 0.3) is 0 Å². The van der Waals surface area contributed by atoms with Crippen LogP contribution in [0.4, 0.5) is 0 Å². The summed E-state index contributed by atoms with van der Waals surface area (Å²) in [5.74, 6) is -0.687. The molecule has 1 heterocycles. The maximum Gasteiger partial charge on any atom is 0.242 e. The summed E-state index contributed by atoms with van der Waals surface area (Å²) in [7, 11) is 0. The van der Waals surface area contributed by atoms with Crippen LogP contribution in [0.15, 0.2) is 0 Å². The monoisotopic (exact) mass is 173 g/mol. The molecule has 0 aromatic heterocycles. The normalized spacial score (nSPS) is 24.5. The minimum absolute atomic E-state index is 0.107. The van der Waals surface area contributed by atoms with Gasteiger partial charge in [-0.25, -0.2) is 0 Å². The highest BCUT2D eigenvalue weighted by Gasteiger charge is 2.35. The largest absolute Gasteiger partial charge is 0.301 e. The molecule has 1 saturated heterocycles. The Hall–Kier alpha value is -0.840. The molecular formula is C6H7NO3S. The quantitative estimate of drug-likeness (QED) is 0.339.